The van der Waals surface area contributed by atoms with Crippen molar-refractivity contribution >= 4 is 43.5 Å². The smallest absolute Gasteiger partial charge is 0.259 e. The molecule has 0 spiro atoms. The Balaban J connectivity index is 1.98. The number of ether oxygens (including phenoxy) is 1. The molecule has 2 rings (SSSR count). The third-order valence-corrected chi connectivity index (χ3v) is 4.17. The number of carbonyl (C=O) groups is 1. The number of anilines is 1. The third kappa shape index (κ3) is 5.02. The van der Waals surface area contributed by atoms with Gasteiger partial charge in [0.1, 0.15) is 18.2 Å². The minimum atomic E-state index is -1.77. The molecule has 0 bridgehead atoms. The van der Waals surface area contributed by atoms with Crippen LogP contribution in [0.5, 0.6) is 5.75 Å². The van der Waals surface area contributed by atoms with Crippen LogP contribution in [0.1, 0.15) is 6.92 Å². The summed E-state index contributed by atoms with van der Waals surface area (Å²) < 4.78 is 20.0. The van der Waals surface area contributed by atoms with Crippen molar-refractivity contribution in [2.45, 2.75) is 12.5 Å². The van der Waals surface area contributed by atoms with E-state index in [0.717, 1.165) is 10.5 Å². The Kier molecular flexibility index (Phi) is 5.78. The molecule has 0 aromatic heterocycles. The van der Waals surface area contributed by atoms with Gasteiger partial charge in [0.2, 0.25) is 0 Å². The van der Waals surface area contributed by atoms with Gasteiger partial charge in [0, 0.05) is 10.2 Å². The van der Waals surface area contributed by atoms with Crippen LogP contribution in [0.3, 0.4) is 0 Å². The molecule has 0 aliphatic heterocycles. The van der Waals surface area contributed by atoms with Gasteiger partial charge < -0.3 is 15.2 Å². The largest absolute Gasteiger partial charge is 0.490 e. The zero-order valence-electron chi connectivity index (χ0n) is 12.1. The Morgan fingerprint density at radius 3 is 2.52 bits per heavy atom. The van der Waals surface area contributed by atoms with Gasteiger partial charge in [-0.2, -0.15) is 0 Å². The number of rotatable bonds is 5. The van der Waals surface area contributed by atoms with Gasteiger partial charge in [0.15, 0.2) is 5.60 Å². The van der Waals surface area contributed by atoms with Crippen molar-refractivity contribution in [3.8, 4) is 5.75 Å². The average molecular weight is 447 g/mol. The molecule has 7 heteroatoms. The molecule has 0 fully saturated rings. The van der Waals surface area contributed by atoms with Crippen molar-refractivity contribution in [3.05, 3.63) is 57.2 Å². The molecule has 0 saturated heterocycles. The lowest BCUT2D eigenvalue weighted by Crippen LogP contribution is -2.45. The van der Waals surface area contributed by atoms with Crippen LogP contribution in [0.25, 0.3) is 0 Å². The summed E-state index contributed by atoms with van der Waals surface area (Å²) in [4.78, 5) is 12.1. The normalized spacial score (nSPS) is 13.3. The van der Waals surface area contributed by atoms with Crippen LogP contribution in [-0.2, 0) is 4.79 Å². The highest BCUT2D eigenvalue weighted by molar-refractivity contribution is 9.10. The van der Waals surface area contributed by atoms with E-state index in [4.69, 9.17) is 4.74 Å². The zero-order valence-corrected chi connectivity index (χ0v) is 15.3. The second kappa shape index (κ2) is 7.42. The predicted molar refractivity (Wildman–Crippen MR) is 93.0 cm³/mol. The van der Waals surface area contributed by atoms with Gasteiger partial charge in [0.05, 0.1) is 4.47 Å². The molecule has 2 aromatic carbocycles. The third-order valence-electron chi connectivity index (χ3n) is 3.00. The van der Waals surface area contributed by atoms with Crippen LogP contribution >= 0.6 is 31.9 Å². The standard InChI is InChI=1S/C16H14Br2FNO3/c1-16(22,9-23-12-5-2-10(17)3-6-12)15(21)20-11-4-7-13(18)14(19)8-11/h2-8,22H,9H2,1H3,(H,20,21)/t16-/m0/s1. The number of benzene rings is 2. The molecule has 0 aliphatic carbocycles. The lowest BCUT2D eigenvalue weighted by molar-refractivity contribution is -0.135. The van der Waals surface area contributed by atoms with E-state index < -0.39 is 17.3 Å². The summed E-state index contributed by atoms with van der Waals surface area (Å²) in [6, 6.07) is 11.1. The monoisotopic (exact) mass is 445 g/mol. The summed E-state index contributed by atoms with van der Waals surface area (Å²) >= 11 is 6.33. The molecular weight excluding hydrogens is 433 g/mol. The van der Waals surface area contributed by atoms with E-state index in [1.54, 1.807) is 24.3 Å². The van der Waals surface area contributed by atoms with Crippen molar-refractivity contribution in [1.82, 2.24) is 0 Å². The van der Waals surface area contributed by atoms with Crippen LogP contribution in [0, 0.1) is 5.82 Å². The van der Waals surface area contributed by atoms with Crippen LogP contribution in [0.4, 0.5) is 10.1 Å². The fourth-order valence-electron chi connectivity index (χ4n) is 1.66. The van der Waals surface area contributed by atoms with E-state index in [1.807, 2.05) is 0 Å². The van der Waals surface area contributed by atoms with Crippen molar-refractivity contribution in [1.29, 1.82) is 0 Å². The molecule has 0 heterocycles. The molecule has 0 radical (unpaired) electrons. The van der Waals surface area contributed by atoms with Gasteiger partial charge in [-0.15, -0.1) is 0 Å². The van der Waals surface area contributed by atoms with Crippen molar-refractivity contribution < 1.29 is 19.0 Å². The molecule has 0 aliphatic rings. The summed E-state index contributed by atoms with van der Waals surface area (Å²) in [6.45, 7) is 1.09. The van der Waals surface area contributed by atoms with Crippen molar-refractivity contribution in [3.63, 3.8) is 0 Å². The minimum Gasteiger partial charge on any atom is -0.490 e. The first kappa shape index (κ1) is 17.9. The minimum absolute atomic E-state index is 0.237. The number of amides is 1. The Bertz CT molecular complexity index is 705. The fraction of sp³-hybridized carbons (Fsp3) is 0.188. The topological polar surface area (TPSA) is 58.6 Å². The number of nitrogens with one attached hydrogen (secondary N) is 1. The van der Waals surface area contributed by atoms with Gasteiger partial charge >= 0.3 is 0 Å². The molecule has 2 N–H and O–H groups in total. The summed E-state index contributed by atoms with van der Waals surface area (Å²) in [5.41, 5.74) is -1.52. The first-order chi connectivity index (χ1) is 10.8. The lowest BCUT2D eigenvalue weighted by atomic mass is 10.1. The fourth-order valence-corrected chi connectivity index (χ4v) is 2.17. The zero-order chi connectivity index (χ0) is 17.0. The maximum Gasteiger partial charge on any atom is 0.259 e. The van der Waals surface area contributed by atoms with E-state index in [1.165, 1.54) is 19.1 Å². The van der Waals surface area contributed by atoms with E-state index in [-0.39, 0.29) is 12.3 Å². The SMILES string of the molecule is C[C@](O)(COc1ccc(Br)cc1)C(=O)Nc1ccc(Br)c(F)c1. The van der Waals surface area contributed by atoms with Gasteiger partial charge in [-0.05, 0) is 65.3 Å². The van der Waals surface area contributed by atoms with Crippen LogP contribution < -0.4 is 10.1 Å². The van der Waals surface area contributed by atoms with Crippen molar-refractivity contribution in [2.75, 3.05) is 11.9 Å². The Labute approximate surface area is 149 Å². The number of hydrogen-bond donors (Lipinski definition) is 2. The molecular formula is C16H14Br2FNO3. The van der Waals surface area contributed by atoms with Gasteiger partial charge in [-0.25, -0.2) is 4.39 Å². The van der Waals surface area contributed by atoms with Gasteiger partial charge in [-0.1, -0.05) is 15.9 Å². The van der Waals surface area contributed by atoms with Gasteiger partial charge in [0.25, 0.3) is 5.91 Å². The van der Waals surface area contributed by atoms with E-state index in [9.17, 15) is 14.3 Å². The molecule has 0 saturated carbocycles. The molecule has 122 valence electrons. The second-order valence-electron chi connectivity index (χ2n) is 5.10. The van der Waals surface area contributed by atoms with Gasteiger partial charge in [-0.3, -0.25) is 4.79 Å². The highest BCUT2D eigenvalue weighted by Crippen LogP contribution is 2.21. The Morgan fingerprint density at radius 1 is 1.26 bits per heavy atom. The molecule has 0 unspecified atom stereocenters. The number of carbonyl (C=O) groups excluding carboxylic acids is 1. The molecule has 2 aromatic rings. The summed E-state index contributed by atoms with van der Waals surface area (Å²) in [5, 5.41) is 12.7. The molecule has 1 atom stereocenters. The molecule has 23 heavy (non-hydrogen) atoms. The summed E-state index contributed by atoms with van der Waals surface area (Å²) in [7, 11) is 0. The Hall–Kier alpha value is -1.44. The quantitative estimate of drug-likeness (QED) is 0.726. The summed E-state index contributed by atoms with van der Waals surface area (Å²) in [5.74, 6) is -0.666. The van der Waals surface area contributed by atoms with Crippen LogP contribution in [-0.4, -0.2) is 23.2 Å². The van der Waals surface area contributed by atoms with E-state index in [0.29, 0.717) is 10.2 Å². The van der Waals surface area contributed by atoms with Crippen LogP contribution in [0.15, 0.2) is 51.4 Å². The maximum atomic E-state index is 13.4. The highest BCUT2D eigenvalue weighted by atomic mass is 79.9. The number of hydrogen-bond acceptors (Lipinski definition) is 3. The van der Waals surface area contributed by atoms with E-state index in [2.05, 4.69) is 37.2 Å². The number of aliphatic hydroxyl groups is 1. The first-order valence-electron chi connectivity index (χ1n) is 6.65. The van der Waals surface area contributed by atoms with Crippen LogP contribution in [0.2, 0.25) is 0 Å². The first-order valence-corrected chi connectivity index (χ1v) is 8.24. The van der Waals surface area contributed by atoms with E-state index >= 15 is 0 Å². The highest BCUT2D eigenvalue weighted by Gasteiger charge is 2.31. The average Bonchev–Trinajstić information content (AvgIpc) is 2.50. The summed E-state index contributed by atoms with van der Waals surface area (Å²) in [6.07, 6.45) is 0. The second-order valence-corrected chi connectivity index (χ2v) is 6.87. The van der Waals surface area contributed by atoms with Crippen molar-refractivity contribution in [2.24, 2.45) is 0 Å². The Morgan fingerprint density at radius 2 is 1.91 bits per heavy atom. The lowest BCUT2D eigenvalue weighted by Gasteiger charge is -2.22. The maximum absolute atomic E-state index is 13.4. The molecule has 1 amide bonds. The predicted octanol–water partition coefficient (Wildman–Crippen LogP) is 4.12. The molecule has 4 nitrogen and oxygen atoms in total. The number of halogens is 3.